The second kappa shape index (κ2) is 6.43. The van der Waals surface area contributed by atoms with Crippen LogP contribution in [0.4, 0.5) is 13.6 Å². The second-order valence-corrected chi connectivity index (χ2v) is 5.42. The predicted octanol–water partition coefficient (Wildman–Crippen LogP) is 1.80. The van der Waals surface area contributed by atoms with Crippen molar-refractivity contribution in [1.29, 1.82) is 0 Å². The maximum Gasteiger partial charge on any atom is 0.388 e. The number of hydrogen-bond donors (Lipinski definition) is 2. The van der Waals surface area contributed by atoms with Crippen molar-refractivity contribution in [3.63, 3.8) is 0 Å². The third kappa shape index (κ3) is 3.62. The smallest absolute Gasteiger partial charge is 0.388 e. The van der Waals surface area contributed by atoms with Crippen LogP contribution >= 0.6 is 0 Å². The van der Waals surface area contributed by atoms with Gasteiger partial charge in [0.25, 0.3) is 0 Å². The average Bonchev–Trinajstić information content (AvgIpc) is 3.07. The Morgan fingerprint density at radius 1 is 1.50 bits per heavy atom. The molecule has 1 unspecified atom stereocenters. The van der Waals surface area contributed by atoms with Gasteiger partial charge in [-0.05, 0) is 30.9 Å². The lowest BCUT2D eigenvalue weighted by atomic mass is 9.96. The Labute approximate surface area is 126 Å². The molecule has 2 aliphatic heterocycles. The molecule has 3 heterocycles. The van der Waals surface area contributed by atoms with Crippen LogP contribution < -0.4 is 15.4 Å². The van der Waals surface area contributed by atoms with E-state index in [1.165, 1.54) is 12.3 Å². The maximum absolute atomic E-state index is 12.1. The second-order valence-electron chi connectivity index (χ2n) is 5.42. The number of nitrogens with zero attached hydrogens (tertiary/aromatic N) is 1. The summed E-state index contributed by atoms with van der Waals surface area (Å²) in [5.41, 5.74) is 0.630. The van der Waals surface area contributed by atoms with Crippen LogP contribution in [0.1, 0.15) is 24.8 Å². The van der Waals surface area contributed by atoms with Crippen molar-refractivity contribution in [2.45, 2.75) is 50.7 Å². The predicted molar refractivity (Wildman–Crippen MR) is 72.5 cm³/mol. The average molecular weight is 313 g/mol. The molecule has 120 valence electrons. The molecule has 2 fully saturated rings. The zero-order valence-corrected chi connectivity index (χ0v) is 11.8. The maximum atomic E-state index is 12.1. The van der Waals surface area contributed by atoms with Crippen LogP contribution in [-0.2, 0) is 11.3 Å². The Bertz CT molecular complexity index is 544. The number of alkyl halides is 2. The summed E-state index contributed by atoms with van der Waals surface area (Å²) in [4.78, 5) is 15.5. The first kappa shape index (κ1) is 15.0. The molecule has 0 aliphatic carbocycles. The van der Waals surface area contributed by atoms with Gasteiger partial charge in [0.05, 0.1) is 18.2 Å². The summed E-state index contributed by atoms with van der Waals surface area (Å²) in [6.07, 6.45) is 4.63. The quantitative estimate of drug-likeness (QED) is 0.869. The van der Waals surface area contributed by atoms with Gasteiger partial charge in [-0.2, -0.15) is 8.78 Å². The van der Waals surface area contributed by atoms with Gasteiger partial charge in [0.1, 0.15) is 0 Å². The standard InChI is InChI=1S/C14H17F2N3O3/c15-13(16)22-12-5-8(3-4-17-12)7-18-14(20)19-10-6-9-1-2-11(10)21-9/h3-5,9-11,13H,1-2,6-7H2,(H2,18,19,20)/t9-,10?,11+/m1/s1. The van der Waals surface area contributed by atoms with E-state index < -0.39 is 6.61 Å². The van der Waals surface area contributed by atoms with Crippen LogP contribution in [0.25, 0.3) is 0 Å². The number of pyridine rings is 1. The van der Waals surface area contributed by atoms with E-state index >= 15 is 0 Å². The fourth-order valence-electron chi connectivity index (χ4n) is 2.91. The summed E-state index contributed by atoms with van der Waals surface area (Å²) in [7, 11) is 0. The first-order valence-corrected chi connectivity index (χ1v) is 7.20. The molecule has 1 aromatic heterocycles. The summed E-state index contributed by atoms with van der Waals surface area (Å²) in [5.74, 6) is -0.170. The van der Waals surface area contributed by atoms with E-state index in [0.29, 0.717) is 5.56 Å². The number of fused-ring (bicyclic) bond motifs is 2. The third-order valence-electron chi connectivity index (χ3n) is 3.88. The molecule has 6 nitrogen and oxygen atoms in total. The minimum atomic E-state index is -2.92. The fraction of sp³-hybridized carbons (Fsp3) is 0.571. The SMILES string of the molecule is O=C(NCc1ccnc(OC(F)F)c1)NC1C[C@H]2CC[C@@H]1O2. The van der Waals surface area contributed by atoms with Gasteiger partial charge < -0.3 is 20.1 Å². The highest BCUT2D eigenvalue weighted by Crippen LogP contribution is 2.34. The number of carbonyl (C=O) groups excluding carboxylic acids is 1. The highest BCUT2D eigenvalue weighted by molar-refractivity contribution is 5.74. The van der Waals surface area contributed by atoms with Crippen molar-refractivity contribution in [3.8, 4) is 5.88 Å². The van der Waals surface area contributed by atoms with Gasteiger partial charge in [-0.25, -0.2) is 9.78 Å². The minimum absolute atomic E-state index is 0.0499. The molecular weight excluding hydrogens is 296 g/mol. The highest BCUT2D eigenvalue weighted by atomic mass is 19.3. The zero-order valence-electron chi connectivity index (χ0n) is 11.8. The van der Waals surface area contributed by atoms with Crippen molar-refractivity contribution in [1.82, 2.24) is 15.6 Å². The van der Waals surface area contributed by atoms with E-state index in [-0.39, 0.29) is 36.7 Å². The molecule has 0 radical (unpaired) electrons. The molecule has 2 bridgehead atoms. The number of hydrogen-bond acceptors (Lipinski definition) is 4. The summed E-state index contributed by atoms with van der Waals surface area (Å²) >= 11 is 0. The first-order chi connectivity index (χ1) is 10.6. The van der Waals surface area contributed by atoms with Crippen molar-refractivity contribution < 1.29 is 23.0 Å². The van der Waals surface area contributed by atoms with Gasteiger partial charge in [0.2, 0.25) is 5.88 Å². The molecule has 2 N–H and O–H groups in total. The molecule has 2 aliphatic rings. The molecule has 3 atom stereocenters. The van der Waals surface area contributed by atoms with Crippen LogP contribution in [0.2, 0.25) is 0 Å². The molecule has 2 saturated heterocycles. The Morgan fingerprint density at radius 2 is 2.36 bits per heavy atom. The molecule has 8 heteroatoms. The van der Waals surface area contributed by atoms with E-state index in [1.807, 2.05) is 0 Å². The van der Waals surface area contributed by atoms with E-state index in [0.717, 1.165) is 19.3 Å². The third-order valence-corrected chi connectivity index (χ3v) is 3.88. The van der Waals surface area contributed by atoms with Crippen LogP contribution in [0.3, 0.4) is 0 Å². The van der Waals surface area contributed by atoms with Crippen LogP contribution in [-0.4, -0.2) is 35.9 Å². The topological polar surface area (TPSA) is 72.5 Å². The van der Waals surface area contributed by atoms with Gasteiger partial charge in [-0.15, -0.1) is 0 Å². The van der Waals surface area contributed by atoms with Crippen molar-refractivity contribution in [2.24, 2.45) is 0 Å². The minimum Gasteiger partial charge on any atom is -0.417 e. The largest absolute Gasteiger partial charge is 0.417 e. The number of halogens is 2. The molecule has 3 rings (SSSR count). The molecule has 22 heavy (non-hydrogen) atoms. The monoisotopic (exact) mass is 313 g/mol. The molecule has 1 aromatic rings. The van der Waals surface area contributed by atoms with E-state index in [1.54, 1.807) is 6.07 Å². The van der Waals surface area contributed by atoms with E-state index in [4.69, 9.17) is 4.74 Å². The fourth-order valence-corrected chi connectivity index (χ4v) is 2.91. The van der Waals surface area contributed by atoms with E-state index in [2.05, 4.69) is 20.4 Å². The van der Waals surface area contributed by atoms with Crippen LogP contribution in [0.15, 0.2) is 18.3 Å². The number of aromatic nitrogens is 1. The lowest BCUT2D eigenvalue weighted by Gasteiger charge is -2.20. The van der Waals surface area contributed by atoms with Gasteiger partial charge >= 0.3 is 12.6 Å². The van der Waals surface area contributed by atoms with Crippen molar-refractivity contribution in [3.05, 3.63) is 23.9 Å². The molecule has 0 spiro atoms. The zero-order chi connectivity index (χ0) is 15.5. The molecular formula is C14H17F2N3O3. The Morgan fingerprint density at radius 3 is 3.05 bits per heavy atom. The molecule has 2 amide bonds. The van der Waals surface area contributed by atoms with E-state index in [9.17, 15) is 13.6 Å². The summed E-state index contributed by atoms with van der Waals surface area (Å²) in [6.45, 7) is -2.72. The normalized spacial score (nSPS) is 26.2. The number of urea groups is 1. The van der Waals surface area contributed by atoms with Gasteiger partial charge in [-0.1, -0.05) is 0 Å². The Hall–Kier alpha value is -1.96. The molecule has 0 saturated carbocycles. The lowest BCUT2D eigenvalue weighted by Crippen LogP contribution is -2.46. The van der Waals surface area contributed by atoms with Crippen molar-refractivity contribution >= 4 is 6.03 Å². The number of carbonyl (C=O) groups is 1. The summed E-state index contributed by atoms with van der Waals surface area (Å²) in [5, 5.41) is 5.57. The van der Waals surface area contributed by atoms with Gasteiger partial charge in [-0.3, -0.25) is 0 Å². The Kier molecular flexibility index (Phi) is 4.37. The number of ether oxygens (including phenoxy) is 2. The number of rotatable bonds is 5. The highest BCUT2D eigenvalue weighted by Gasteiger charge is 2.41. The molecule has 0 aromatic carbocycles. The first-order valence-electron chi connectivity index (χ1n) is 7.20. The van der Waals surface area contributed by atoms with Gasteiger partial charge in [0.15, 0.2) is 0 Å². The number of amides is 2. The number of nitrogens with one attached hydrogen (secondary N) is 2. The van der Waals surface area contributed by atoms with Gasteiger partial charge in [0, 0.05) is 18.8 Å². The Balaban J connectivity index is 1.46. The lowest BCUT2D eigenvalue weighted by molar-refractivity contribution is -0.0529. The summed E-state index contributed by atoms with van der Waals surface area (Å²) in [6, 6.07) is 2.75. The summed E-state index contributed by atoms with van der Waals surface area (Å²) < 4.78 is 34.1. The van der Waals surface area contributed by atoms with Crippen LogP contribution in [0.5, 0.6) is 5.88 Å². The van der Waals surface area contributed by atoms with Crippen molar-refractivity contribution in [2.75, 3.05) is 0 Å². The van der Waals surface area contributed by atoms with Crippen LogP contribution in [0, 0.1) is 0 Å².